The molecule has 1 aromatic heterocycles. The van der Waals surface area contributed by atoms with Gasteiger partial charge in [0.05, 0.1) is 29.3 Å². The second-order valence-corrected chi connectivity index (χ2v) is 17.4. The number of aliphatic hydroxyl groups is 1. The van der Waals surface area contributed by atoms with Crippen molar-refractivity contribution in [2.75, 3.05) is 12.3 Å². The monoisotopic (exact) mass is 762 g/mol. The fraction of sp³-hybridized carbons (Fsp3) is 0.525. The van der Waals surface area contributed by atoms with Crippen LogP contribution < -0.4 is 16.8 Å². The summed E-state index contributed by atoms with van der Waals surface area (Å²) in [6.07, 6.45) is 5.74. The third-order valence-electron chi connectivity index (χ3n) is 10.9. The molecule has 1 aliphatic carbocycles. The lowest BCUT2D eigenvalue weighted by molar-refractivity contribution is -0.164. The van der Waals surface area contributed by atoms with Crippen LogP contribution >= 0.6 is 0 Å². The van der Waals surface area contributed by atoms with E-state index in [4.69, 9.17) is 11.5 Å². The van der Waals surface area contributed by atoms with Crippen molar-refractivity contribution in [3.63, 3.8) is 0 Å². The van der Waals surface area contributed by atoms with Crippen molar-refractivity contribution in [2.24, 2.45) is 29.2 Å². The van der Waals surface area contributed by atoms with E-state index in [9.17, 15) is 27.9 Å². The number of fused-ring (bicyclic) bond motifs is 1. The van der Waals surface area contributed by atoms with Gasteiger partial charge < -0.3 is 21.9 Å². The number of nitrogens with two attached hydrogens (primary N) is 2. The number of carbonyl (C=O) groups is 4. The highest BCUT2D eigenvalue weighted by atomic mass is 32.2. The van der Waals surface area contributed by atoms with Gasteiger partial charge in [0.25, 0.3) is 0 Å². The number of carbonyl (C=O) groups excluding carboxylic acids is 4. The third-order valence-corrected chi connectivity index (χ3v) is 12.8. The Bertz CT molecular complexity index is 1880. The number of Topliss-reactive ketones (excluding diaryl/α,β-unsaturated/α-hetero) is 1. The van der Waals surface area contributed by atoms with E-state index in [1.54, 1.807) is 54.7 Å². The molecule has 5 rings (SSSR count). The second kappa shape index (κ2) is 17.5. The molecule has 6 N–H and O–H groups in total. The lowest BCUT2D eigenvalue weighted by atomic mass is 9.67. The van der Waals surface area contributed by atoms with Crippen LogP contribution in [-0.2, 0) is 42.0 Å². The zero-order chi connectivity index (χ0) is 39.2. The van der Waals surface area contributed by atoms with Crippen LogP contribution in [0.2, 0.25) is 0 Å². The minimum absolute atomic E-state index is 0.0179. The number of hydrogen-bond donors (Lipinski definition) is 4. The molecule has 0 saturated heterocycles. The van der Waals surface area contributed by atoms with E-state index in [2.05, 4.69) is 10.4 Å². The normalized spacial score (nSPS) is 20.2. The van der Waals surface area contributed by atoms with Gasteiger partial charge in [0.2, 0.25) is 17.7 Å². The summed E-state index contributed by atoms with van der Waals surface area (Å²) >= 11 is 0. The van der Waals surface area contributed by atoms with Gasteiger partial charge in [-0.15, -0.1) is 0 Å². The Morgan fingerprint density at radius 3 is 2.30 bits per heavy atom. The van der Waals surface area contributed by atoms with Gasteiger partial charge in [-0.3, -0.25) is 28.8 Å². The fourth-order valence-corrected chi connectivity index (χ4v) is 10.2. The number of nitrogens with zero attached hydrogens (tertiary/aromatic N) is 3. The number of imide groups is 1. The van der Waals surface area contributed by atoms with Gasteiger partial charge >= 0.3 is 0 Å². The molecule has 6 atom stereocenters. The molecule has 1 aliphatic heterocycles. The topological polar surface area (TPSA) is 208 Å². The van der Waals surface area contributed by atoms with E-state index in [1.165, 1.54) is 16.9 Å². The summed E-state index contributed by atoms with van der Waals surface area (Å²) in [7, 11) is -4.04. The molecule has 54 heavy (non-hydrogen) atoms. The van der Waals surface area contributed by atoms with Crippen molar-refractivity contribution in [1.82, 2.24) is 20.0 Å². The molecule has 14 heteroatoms. The lowest BCUT2D eigenvalue weighted by Crippen LogP contribution is -2.69. The predicted molar refractivity (Wildman–Crippen MR) is 203 cm³/mol. The summed E-state index contributed by atoms with van der Waals surface area (Å²) in [5, 5.41) is 19.3. The van der Waals surface area contributed by atoms with Gasteiger partial charge in [-0.2, -0.15) is 5.10 Å². The second-order valence-electron chi connectivity index (χ2n) is 15.4. The molecule has 2 aliphatic rings. The van der Waals surface area contributed by atoms with Crippen LogP contribution in [0.4, 0.5) is 0 Å². The lowest BCUT2D eigenvalue weighted by Gasteiger charge is -2.48. The van der Waals surface area contributed by atoms with E-state index in [1.807, 2.05) is 19.9 Å². The molecule has 292 valence electrons. The van der Waals surface area contributed by atoms with E-state index < -0.39 is 81.2 Å². The molecule has 3 amide bonds. The maximum absolute atomic E-state index is 16.1. The first-order valence-corrected chi connectivity index (χ1v) is 20.5. The minimum Gasteiger partial charge on any atom is -0.390 e. The van der Waals surface area contributed by atoms with Crippen molar-refractivity contribution in [3.8, 4) is 0 Å². The Morgan fingerprint density at radius 1 is 1.00 bits per heavy atom. The van der Waals surface area contributed by atoms with Gasteiger partial charge in [0.1, 0.15) is 11.6 Å². The average Bonchev–Trinajstić information content (AvgIpc) is 3.77. The molecule has 2 unspecified atom stereocenters. The number of hydrogen-bond acceptors (Lipinski definition) is 10. The Morgan fingerprint density at radius 2 is 1.67 bits per heavy atom. The predicted octanol–water partition coefficient (Wildman–Crippen LogP) is 2.75. The molecule has 2 aromatic carbocycles. The Balaban J connectivity index is 1.75. The van der Waals surface area contributed by atoms with Crippen LogP contribution in [-0.4, -0.2) is 87.7 Å². The Kier molecular flexibility index (Phi) is 13.3. The number of amides is 3. The van der Waals surface area contributed by atoms with Crippen LogP contribution in [0.1, 0.15) is 76.3 Å². The van der Waals surface area contributed by atoms with Gasteiger partial charge in [-0.05, 0) is 47.9 Å². The van der Waals surface area contributed by atoms with Gasteiger partial charge in [0, 0.05) is 37.7 Å². The number of benzene rings is 2. The first kappa shape index (κ1) is 40.9. The SMILES string of the molecule is CC(=O)N(C(=O)[C@@H](N)Cc1ccccc1)[C@@](Cn1cccn1)(C(=O)[C@@H](CC1CCCCC1)C(O)C(N)C(=O)NCC(C)C)[C@H]1CS(=O)(=O)c2ccccc21. The summed E-state index contributed by atoms with van der Waals surface area (Å²) < 4.78 is 29.3. The van der Waals surface area contributed by atoms with Gasteiger partial charge in [0.15, 0.2) is 15.6 Å². The maximum Gasteiger partial charge on any atom is 0.247 e. The van der Waals surface area contributed by atoms with E-state index in [0.29, 0.717) is 5.56 Å². The molecule has 2 heterocycles. The fourth-order valence-electron chi connectivity index (χ4n) is 8.27. The van der Waals surface area contributed by atoms with Crippen molar-refractivity contribution < 1.29 is 32.7 Å². The summed E-state index contributed by atoms with van der Waals surface area (Å²) in [5.41, 5.74) is 11.8. The minimum atomic E-state index is -4.04. The van der Waals surface area contributed by atoms with Crippen LogP contribution in [0, 0.1) is 17.8 Å². The smallest absolute Gasteiger partial charge is 0.247 e. The molecule has 0 radical (unpaired) electrons. The number of aromatic nitrogens is 2. The summed E-state index contributed by atoms with van der Waals surface area (Å²) in [4.78, 5) is 59.3. The van der Waals surface area contributed by atoms with Crippen LogP contribution in [0.5, 0.6) is 0 Å². The van der Waals surface area contributed by atoms with Crippen LogP contribution in [0.15, 0.2) is 78.0 Å². The highest BCUT2D eigenvalue weighted by molar-refractivity contribution is 7.91. The average molecular weight is 763 g/mol. The number of sulfone groups is 1. The van der Waals surface area contributed by atoms with Gasteiger partial charge in [-0.1, -0.05) is 94.5 Å². The van der Waals surface area contributed by atoms with Crippen molar-refractivity contribution in [3.05, 3.63) is 84.2 Å². The summed E-state index contributed by atoms with van der Waals surface area (Å²) in [5.74, 6) is -6.43. The molecule has 3 aromatic rings. The zero-order valence-corrected chi connectivity index (χ0v) is 32.2. The Hall–Kier alpha value is -4.24. The van der Waals surface area contributed by atoms with E-state index in [0.717, 1.165) is 43.9 Å². The molecule has 1 saturated carbocycles. The number of aliphatic hydroxyl groups excluding tert-OH is 1. The first-order chi connectivity index (χ1) is 25.7. The third kappa shape index (κ3) is 8.83. The van der Waals surface area contributed by atoms with Crippen LogP contribution in [0.25, 0.3) is 0 Å². The molecule has 13 nitrogen and oxygen atoms in total. The summed E-state index contributed by atoms with van der Waals surface area (Å²) in [6, 6.07) is 13.9. The van der Waals surface area contributed by atoms with E-state index in [-0.39, 0.29) is 41.7 Å². The van der Waals surface area contributed by atoms with Crippen LogP contribution in [0.3, 0.4) is 0 Å². The highest BCUT2D eigenvalue weighted by Gasteiger charge is 2.61. The molecule has 0 spiro atoms. The maximum atomic E-state index is 16.1. The van der Waals surface area contributed by atoms with Crippen molar-refractivity contribution >= 4 is 33.3 Å². The number of nitrogens with one attached hydrogen (secondary N) is 1. The molecule has 0 bridgehead atoms. The highest BCUT2D eigenvalue weighted by Crippen LogP contribution is 2.48. The van der Waals surface area contributed by atoms with Crippen molar-refractivity contribution in [1.29, 1.82) is 0 Å². The standard InChI is InChI=1S/C40H54N6O7S/c1-26(2)23-43-38(50)35(42)36(48)31(21-28-13-6-4-7-14-28)37(49)40(25-45-20-12-19-44-45,32-24-54(52,53)34-18-11-10-17-30(32)34)46(27(3)47)39(51)33(41)22-29-15-8-5-9-16-29/h5,8-12,15-20,26,28,31-33,35-36,48H,4,6-7,13-14,21-25,41-42H2,1-3H3,(H,43,50)/t31-,32-,33-,35?,36?,40+/m0/s1. The first-order valence-electron chi connectivity index (χ1n) is 18.9. The number of rotatable bonds is 16. The summed E-state index contributed by atoms with van der Waals surface area (Å²) in [6.45, 7) is 4.80. The van der Waals surface area contributed by atoms with Gasteiger partial charge in [-0.25, -0.2) is 8.42 Å². The van der Waals surface area contributed by atoms with Crippen molar-refractivity contribution in [2.45, 2.75) is 107 Å². The zero-order valence-electron chi connectivity index (χ0n) is 31.3. The Labute approximate surface area is 317 Å². The molecular weight excluding hydrogens is 709 g/mol. The van der Waals surface area contributed by atoms with E-state index >= 15 is 4.79 Å². The quantitative estimate of drug-likeness (QED) is 0.168. The number of ketones is 1. The largest absolute Gasteiger partial charge is 0.390 e. The molecule has 1 fully saturated rings. The molecular formula is C40H54N6O7S.